The molecule has 2 aromatic carbocycles. The molecule has 0 spiro atoms. The Balaban J connectivity index is 1.87. The molecule has 0 radical (unpaired) electrons. The monoisotopic (exact) mass is 293 g/mol. The van der Waals surface area contributed by atoms with E-state index in [0.29, 0.717) is 6.61 Å². The second-order valence-corrected chi connectivity index (χ2v) is 5.11. The van der Waals surface area contributed by atoms with Crippen LogP contribution in [0.15, 0.2) is 54.9 Å². The van der Waals surface area contributed by atoms with Gasteiger partial charge in [0.15, 0.2) is 0 Å². The topological polar surface area (TPSA) is 47.0 Å². The first kappa shape index (κ1) is 14.3. The lowest BCUT2D eigenvalue weighted by molar-refractivity contribution is 0.340. The summed E-state index contributed by atoms with van der Waals surface area (Å²) in [4.78, 5) is 8.67. The van der Waals surface area contributed by atoms with Gasteiger partial charge in [0.05, 0.1) is 18.2 Å². The highest BCUT2D eigenvalue weighted by molar-refractivity contribution is 5.88. The van der Waals surface area contributed by atoms with E-state index in [1.165, 1.54) is 0 Å². The van der Waals surface area contributed by atoms with Crippen molar-refractivity contribution in [1.82, 2.24) is 9.97 Å². The van der Waals surface area contributed by atoms with Gasteiger partial charge in [-0.05, 0) is 43.7 Å². The summed E-state index contributed by atoms with van der Waals surface area (Å²) in [6, 6.07) is 16.2. The lowest BCUT2D eigenvalue weighted by atomic mass is 10.1. The number of ether oxygens (including phenoxy) is 1. The van der Waals surface area contributed by atoms with Crippen LogP contribution in [-0.2, 0) is 0 Å². The number of hydrogen-bond donors (Lipinski definition) is 1. The van der Waals surface area contributed by atoms with Gasteiger partial charge in [0, 0.05) is 5.39 Å². The largest absolute Gasteiger partial charge is 0.494 e. The highest BCUT2D eigenvalue weighted by Gasteiger charge is 2.09. The molecule has 1 heterocycles. The Hall–Kier alpha value is -2.62. The maximum atomic E-state index is 5.56. The molecule has 0 fully saturated rings. The molecular formula is C18H19N3O. The van der Waals surface area contributed by atoms with Crippen molar-refractivity contribution in [2.24, 2.45) is 0 Å². The van der Waals surface area contributed by atoms with Gasteiger partial charge in [-0.3, -0.25) is 0 Å². The van der Waals surface area contributed by atoms with Gasteiger partial charge in [-0.1, -0.05) is 24.3 Å². The fraction of sp³-hybridized carbons (Fsp3) is 0.222. The van der Waals surface area contributed by atoms with Crippen LogP contribution in [0.5, 0.6) is 5.75 Å². The molecule has 4 heteroatoms. The first-order valence-electron chi connectivity index (χ1n) is 7.47. The van der Waals surface area contributed by atoms with Crippen LogP contribution in [0.4, 0.5) is 5.82 Å². The van der Waals surface area contributed by atoms with Crippen LogP contribution in [0.1, 0.15) is 25.5 Å². The van der Waals surface area contributed by atoms with Gasteiger partial charge in [-0.15, -0.1) is 0 Å². The van der Waals surface area contributed by atoms with Crippen LogP contribution < -0.4 is 10.1 Å². The number of fused-ring (bicyclic) bond motifs is 1. The molecule has 0 aliphatic rings. The van der Waals surface area contributed by atoms with E-state index < -0.39 is 0 Å². The predicted octanol–water partition coefficient (Wildman–Crippen LogP) is 4.20. The van der Waals surface area contributed by atoms with E-state index in [0.717, 1.165) is 28.0 Å². The molecule has 0 bridgehead atoms. The molecule has 0 saturated heterocycles. The van der Waals surface area contributed by atoms with E-state index >= 15 is 0 Å². The van der Waals surface area contributed by atoms with Crippen LogP contribution in [0.25, 0.3) is 10.9 Å². The zero-order valence-corrected chi connectivity index (χ0v) is 12.8. The standard InChI is InChI=1S/C18H19N3O/c1-3-22-15-8-6-7-14(11-15)13(2)21-18-16-9-4-5-10-17(16)19-12-20-18/h4-13H,3H2,1-2H3,(H,19,20,21). The normalized spacial score (nSPS) is 12.1. The highest BCUT2D eigenvalue weighted by Crippen LogP contribution is 2.25. The number of anilines is 1. The van der Waals surface area contributed by atoms with Crippen molar-refractivity contribution in [3.63, 3.8) is 0 Å². The van der Waals surface area contributed by atoms with Gasteiger partial charge in [-0.2, -0.15) is 0 Å². The molecule has 1 aromatic heterocycles. The third kappa shape index (κ3) is 3.01. The maximum absolute atomic E-state index is 5.56. The number of para-hydroxylation sites is 1. The van der Waals surface area contributed by atoms with Crippen LogP contribution >= 0.6 is 0 Å². The Labute approximate surface area is 130 Å². The third-order valence-electron chi connectivity index (χ3n) is 3.57. The molecule has 0 aliphatic heterocycles. The van der Waals surface area contributed by atoms with E-state index in [4.69, 9.17) is 4.74 Å². The first-order chi connectivity index (χ1) is 10.8. The van der Waals surface area contributed by atoms with Gasteiger partial charge in [0.2, 0.25) is 0 Å². The van der Waals surface area contributed by atoms with Gasteiger partial charge in [0.1, 0.15) is 17.9 Å². The zero-order valence-electron chi connectivity index (χ0n) is 12.8. The zero-order chi connectivity index (χ0) is 15.4. The predicted molar refractivity (Wildman–Crippen MR) is 89.2 cm³/mol. The van der Waals surface area contributed by atoms with Crippen molar-refractivity contribution < 1.29 is 4.74 Å². The Morgan fingerprint density at radius 1 is 1.09 bits per heavy atom. The van der Waals surface area contributed by atoms with Crippen molar-refractivity contribution in [1.29, 1.82) is 0 Å². The minimum Gasteiger partial charge on any atom is -0.494 e. The molecule has 1 N–H and O–H groups in total. The Morgan fingerprint density at radius 3 is 2.82 bits per heavy atom. The lowest BCUT2D eigenvalue weighted by Gasteiger charge is -2.17. The molecule has 112 valence electrons. The fourth-order valence-corrected chi connectivity index (χ4v) is 2.45. The number of hydrogen-bond acceptors (Lipinski definition) is 4. The van der Waals surface area contributed by atoms with E-state index in [1.54, 1.807) is 6.33 Å². The van der Waals surface area contributed by atoms with E-state index in [9.17, 15) is 0 Å². The van der Waals surface area contributed by atoms with Crippen molar-refractivity contribution in [3.8, 4) is 5.75 Å². The first-order valence-corrected chi connectivity index (χ1v) is 7.47. The van der Waals surface area contributed by atoms with Crippen molar-refractivity contribution in [2.75, 3.05) is 11.9 Å². The maximum Gasteiger partial charge on any atom is 0.137 e. The average molecular weight is 293 g/mol. The molecule has 0 aliphatic carbocycles. The van der Waals surface area contributed by atoms with Gasteiger partial charge in [0.25, 0.3) is 0 Å². The van der Waals surface area contributed by atoms with Crippen molar-refractivity contribution in [3.05, 3.63) is 60.4 Å². The summed E-state index contributed by atoms with van der Waals surface area (Å²) in [6.45, 7) is 4.77. The molecule has 3 rings (SSSR count). The summed E-state index contributed by atoms with van der Waals surface area (Å²) in [5, 5.41) is 4.49. The van der Waals surface area contributed by atoms with E-state index in [-0.39, 0.29) is 6.04 Å². The molecule has 1 unspecified atom stereocenters. The Kier molecular flexibility index (Phi) is 4.19. The second kappa shape index (κ2) is 6.43. The molecule has 1 atom stereocenters. The van der Waals surface area contributed by atoms with E-state index in [2.05, 4.69) is 34.3 Å². The second-order valence-electron chi connectivity index (χ2n) is 5.11. The molecular weight excluding hydrogens is 274 g/mol. The average Bonchev–Trinajstić information content (AvgIpc) is 2.56. The minimum atomic E-state index is 0.124. The molecule has 0 saturated carbocycles. The number of aromatic nitrogens is 2. The minimum absolute atomic E-state index is 0.124. The van der Waals surface area contributed by atoms with Crippen molar-refractivity contribution in [2.45, 2.75) is 19.9 Å². The lowest BCUT2D eigenvalue weighted by Crippen LogP contribution is -2.09. The quantitative estimate of drug-likeness (QED) is 0.765. The fourth-order valence-electron chi connectivity index (χ4n) is 2.45. The summed E-state index contributed by atoms with van der Waals surface area (Å²) >= 11 is 0. The number of nitrogens with one attached hydrogen (secondary N) is 1. The third-order valence-corrected chi connectivity index (χ3v) is 3.57. The summed E-state index contributed by atoms with van der Waals surface area (Å²) in [6.07, 6.45) is 1.59. The summed E-state index contributed by atoms with van der Waals surface area (Å²) in [7, 11) is 0. The van der Waals surface area contributed by atoms with Gasteiger partial charge >= 0.3 is 0 Å². The molecule has 22 heavy (non-hydrogen) atoms. The van der Waals surface area contributed by atoms with Crippen LogP contribution in [0.3, 0.4) is 0 Å². The summed E-state index contributed by atoms with van der Waals surface area (Å²) in [5.41, 5.74) is 2.10. The smallest absolute Gasteiger partial charge is 0.137 e. The summed E-state index contributed by atoms with van der Waals surface area (Å²) in [5.74, 6) is 1.74. The number of benzene rings is 2. The molecule has 3 aromatic rings. The molecule has 4 nitrogen and oxygen atoms in total. The van der Waals surface area contributed by atoms with Crippen LogP contribution in [0, 0.1) is 0 Å². The number of nitrogens with zero attached hydrogens (tertiary/aromatic N) is 2. The Bertz CT molecular complexity index is 768. The van der Waals surface area contributed by atoms with Crippen LogP contribution in [0.2, 0.25) is 0 Å². The molecule has 0 amide bonds. The van der Waals surface area contributed by atoms with Gasteiger partial charge in [-0.25, -0.2) is 9.97 Å². The van der Waals surface area contributed by atoms with E-state index in [1.807, 2.05) is 43.3 Å². The van der Waals surface area contributed by atoms with Gasteiger partial charge < -0.3 is 10.1 Å². The Morgan fingerprint density at radius 2 is 1.95 bits per heavy atom. The number of rotatable bonds is 5. The summed E-state index contributed by atoms with van der Waals surface area (Å²) < 4.78 is 5.56. The van der Waals surface area contributed by atoms with Crippen molar-refractivity contribution >= 4 is 16.7 Å². The highest BCUT2D eigenvalue weighted by atomic mass is 16.5. The SMILES string of the molecule is CCOc1cccc(C(C)Nc2ncnc3ccccc23)c1. The van der Waals surface area contributed by atoms with Crippen LogP contribution in [-0.4, -0.2) is 16.6 Å².